The molecule has 0 bridgehead atoms. The highest BCUT2D eigenvalue weighted by Gasteiger charge is 2.24. The quantitative estimate of drug-likeness (QED) is 0.0326. The fourth-order valence-corrected chi connectivity index (χ4v) is 7.30. The first kappa shape index (κ1) is 53.3. The summed E-state index contributed by atoms with van der Waals surface area (Å²) in [5, 5.41) is 23.6. The molecule has 0 heterocycles. The minimum Gasteiger partial charge on any atom is -0.462 e. The molecule has 0 aromatic rings. The Kier molecular flexibility index (Phi) is 42.2. The van der Waals surface area contributed by atoms with Gasteiger partial charge in [-0.15, -0.1) is 0 Å². The normalized spacial score (nSPS) is 13.5. The fourth-order valence-electron chi connectivity index (χ4n) is 7.30. The van der Waals surface area contributed by atoms with Crippen LogP contribution < -0.4 is 5.32 Å². The number of hydrogen-bond acceptors (Lipinski definition) is 5. The lowest BCUT2D eigenvalue weighted by Crippen LogP contribution is -2.46. The number of unbranched alkanes of at least 4 members (excludes halogenated alkanes) is 27. The number of carbonyl (C=O) groups is 2. The summed E-state index contributed by atoms with van der Waals surface area (Å²) in [6, 6.07) is -0.702. The molecule has 0 rings (SSSR count). The van der Waals surface area contributed by atoms with Gasteiger partial charge in [0.2, 0.25) is 5.91 Å². The smallest absolute Gasteiger partial charge is 0.306 e. The van der Waals surface area contributed by atoms with E-state index in [4.69, 9.17) is 4.74 Å². The van der Waals surface area contributed by atoms with Gasteiger partial charge >= 0.3 is 5.97 Å². The zero-order valence-corrected chi connectivity index (χ0v) is 36.8. The highest BCUT2D eigenvalue weighted by atomic mass is 16.5. The van der Waals surface area contributed by atoms with Crippen LogP contribution >= 0.6 is 0 Å². The first-order chi connectivity index (χ1) is 27.0. The van der Waals surface area contributed by atoms with E-state index in [-0.39, 0.29) is 24.9 Å². The molecule has 324 valence electrons. The topological polar surface area (TPSA) is 95.9 Å². The summed E-state index contributed by atoms with van der Waals surface area (Å²) in [6.07, 6.45) is 48.0. The Morgan fingerprint density at radius 1 is 0.509 bits per heavy atom. The number of aliphatic hydroxyl groups is 2. The van der Waals surface area contributed by atoms with E-state index in [9.17, 15) is 19.8 Å². The molecule has 6 heteroatoms. The monoisotopic (exact) mass is 776 g/mol. The lowest BCUT2D eigenvalue weighted by atomic mass is 10.0. The molecule has 0 radical (unpaired) electrons. The van der Waals surface area contributed by atoms with Crippen molar-refractivity contribution >= 4 is 11.9 Å². The van der Waals surface area contributed by atoms with Gasteiger partial charge < -0.3 is 20.3 Å². The average Bonchev–Trinajstić information content (AvgIpc) is 3.18. The zero-order valence-electron chi connectivity index (χ0n) is 36.8. The van der Waals surface area contributed by atoms with Crippen LogP contribution in [0.25, 0.3) is 0 Å². The van der Waals surface area contributed by atoms with Gasteiger partial charge in [0.05, 0.1) is 25.2 Å². The van der Waals surface area contributed by atoms with Crippen molar-refractivity contribution in [3.63, 3.8) is 0 Å². The minimum absolute atomic E-state index is 0.0670. The van der Waals surface area contributed by atoms with Gasteiger partial charge in [0.15, 0.2) is 0 Å². The summed E-state index contributed by atoms with van der Waals surface area (Å²) in [5.74, 6) is -0.493. The number of esters is 1. The largest absolute Gasteiger partial charge is 0.462 e. The van der Waals surface area contributed by atoms with Crippen LogP contribution in [0.5, 0.6) is 0 Å². The summed E-state index contributed by atoms with van der Waals surface area (Å²) in [6.45, 7) is 6.44. The van der Waals surface area contributed by atoms with Crippen LogP contribution in [-0.4, -0.2) is 46.9 Å². The van der Waals surface area contributed by atoms with Gasteiger partial charge in [0, 0.05) is 6.42 Å². The van der Waals surface area contributed by atoms with Crippen molar-refractivity contribution in [2.45, 2.75) is 270 Å². The molecule has 0 aromatic heterocycles. The summed E-state index contributed by atoms with van der Waals surface area (Å²) in [5.41, 5.74) is 0. The first-order valence-electron chi connectivity index (χ1n) is 24.1. The molecule has 3 N–H and O–H groups in total. The second kappa shape index (κ2) is 43.5. The lowest BCUT2D eigenvalue weighted by Gasteiger charge is -2.24. The molecule has 0 aliphatic rings. The van der Waals surface area contributed by atoms with Crippen molar-refractivity contribution in [1.82, 2.24) is 5.32 Å². The predicted molar refractivity (Wildman–Crippen MR) is 236 cm³/mol. The maximum atomic E-state index is 13.1. The highest BCUT2D eigenvalue weighted by molar-refractivity contribution is 5.77. The molecule has 0 aromatic carbocycles. The number of carbonyl (C=O) groups excluding carboxylic acids is 2. The van der Waals surface area contributed by atoms with Gasteiger partial charge in [-0.25, -0.2) is 0 Å². The van der Waals surface area contributed by atoms with E-state index in [0.29, 0.717) is 19.3 Å². The van der Waals surface area contributed by atoms with Crippen LogP contribution in [-0.2, 0) is 14.3 Å². The van der Waals surface area contributed by atoms with Crippen molar-refractivity contribution < 1.29 is 24.5 Å². The molecule has 3 atom stereocenters. The van der Waals surface area contributed by atoms with Gasteiger partial charge in [-0.2, -0.15) is 0 Å². The Morgan fingerprint density at radius 3 is 1.35 bits per heavy atom. The number of ether oxygens (including phenoxy) is 1. The second-order valence-electron chi connectivity index (χ2n) is 16.5. The fraction of sp³-hybridized carbons (Fsp3) is 0.878. The van der Waals surface area contributed by atoms with Crippen molar-refractivity contribution in [3.05, 3.63) is 24.3 Å². The third kappa shape index (κ3) is 39.0. The Bertz CT molecular complexity index is 873. The maximum Gasteiger partial charge on any atom is 0.306 e. The Morgan fingerprint density at radius 2 is 0.873 bits per heavy atom. The van der Waals surface area contributed by atoms with Crippen molar-refractivity contribution in [2.75, 3.05) is 6.61 Å². The van der Waals surface area contributed by atoms with Crippen LogP contribution in [0.2, 0.25) is 0 Å². The summed E-state index contributed by atoms with van der Waals surface area (Å²) >= 11 is 0. The number of hydrogen-bond donors (Lipinski definition) is 3. The van der Waals surface area contributed by atoms with Crippen LogP contribution in [0, 0.1) is 0 Å². The molecule has 0 saturated carbocycles. The molecular formula is C49H93NO5. The molecule has 55 heavy (non-hydrogen) atoms. The minimum atomic E-state index is -0.787. The van der Waals surface area contributed by atoms with Gasteiger partial charge in [0.1, 0.15) is 6.10 Å². The number of amides is 1. The van der Waals surface area contributed by atoms with E-state index in [2.05, 4.69) is 50.4 Å². The van der Waals surface area contributed by atoms with E-state index >= 15 is 0 Å². The second-order valence-corrected chi connectivity index (χ2v) is 16.5. The molecule has 0 aliphatic heterocycles. The molecule has 6 nitrogen and oxygen atoms in total. The molecule has 3 unspecified atom stereocenters. The number of allylic oxidation sites excluding steroid dienone is 4. The van der Waals surface area contributed by atoms with Gasteiger partial charge in [-0.3, -0.25) is 9.59 Å². The van der Waals surface area contributed by atoms with E-state index in [1.165, 1.54) is 135 Å². The molecule has 1 amide bonds. The van der Waals surface area contributed by atoms with Gasteiger partial charge in [-0.1, -0.05) is 186 Å². The Balaban J connectivity index is 4.62. The summed E-state index contributed by atoms with van der Waals surface area (Å²) in [4.78, 5) is 26.0. The molecule has 0 fully saturated rings. The molecule has 0 aliphatic carbocycles. The Labute approximate surface area is 341 Å². The van der Waals surface area contributed by atoms with E-state index in [1.807, 2.05) is 0 Å². The number of aliphatic hydroxyl groups excluding tert-OH is 2. The molecule has 0 saturated heterocycles. The van der Waals surface area contributed by atoms with E-state index in [1.54, 1.807) is 0 Å². The number of rotatable bonds is 43. The van der Waals surface area contributed by atoms with Crippen LogP contribution in [0.15, 0.2) is 24.3 Å². The van der Waals surface area contributed by atoms with Crippen molar-refractivity contribution in [3.8, 4) is 0 Å². The van der Waals surface area contributed by atoms with Gasteiger partial charge in [-0.05, 0) is 77.0 Å². The lowest BCUT2D eigenvalue weighted by molar-refractivity contribution is -0.151. The third-order valence-electron chi connectivity index (χ3n) is 11.0. The van der Waals surface area contributed by atoms with Crippen LogP contribution in [0.4, 0.5) is 0 Å². The maximum absolute atomic E-state index is 13.1. The highest BCUT2D eigenvalue weighted by Crippen LogP contribution is 2.17. The average molecular weight is 776 g/mol. The standard InChI is InChI=1S/C49H93NO5/c1-4-7-10-13-16-19-22-24-25-26-28-31-34-37-40-45(55-49(54)42-39-36-33-30-27-23-20-17-14-11-8-5-2)43-48(53)50-46(44-51)47(52)41-38-35-32-29-21-18-15-12-9-6-3/h17,20,25-26,45-47,51-52H,4-16,18-19,21-24,27-44H2,1-3H3,(H,50,53)/b20-17-,26-25+. The van der Waals surface area contributed by atoms with Gasteiger partial charge in [0.25, 0.3) is 0 Å². The zero-order chi connectivity index (χ0) is 40.3. The van der Waals surface area contributed by atoms with Crippen LogP contribution in [0.3, 0.4) is 0 Å². The van der Waals surface area contributed by atoms with Crippen molar-refractivity contribution in [1.29, 1.82) is 0 Å². The van der Waals surface area contributed by atoms with E-state index in [0.717, 1.165) is 70.6 Å². The first-order valence-corrected chi connectivity index (χ1v) is 24.1. The predicted octanol–water partition coefficient (Wildman–Crippen LogP) is 14.0. The number of nitrogens with one attached hydrogen (secondary N) is 1. The van der Waals surface area contributed by atoms with Crippen molar-refractivity contribution in [2.24, 2.45) is 0 Å². The Hall–Kier alpha value is -1.66. The SMILES string of the molecule is CCCCC/C=C\CCCCCCCC(=O)OC(CCCCC/C=C/CCCCCCCCC)CC(=O)NC(CO)C(O)CCCCCCCCCCCC. The molecular weight excluding hydrogens is 683 g/mol. The molecule has 0 spiro atoms. The summed E-state index contributed by atoms with van der Waals surface area (Å²) < 4.78 is 5.90. The van der Waals surface area contributed by atoms with E-state index < -0.39 is 18.2 Å². The van der Waals surface area contributed by atoms with Crippen LogP contribution in [0.1, 0.15) is 252 Å². The summed E-state index contributed by atoms with van der Waals surface area (Å²) in [7, 11) is 0. The third-order valence-corrected chi connectivity index (χ3v) is 11.0.